The molecule has 2 rings (SSSR count). The molecule has 5 heteroatoms. The molecule has 4 nitrogen and oxygen atoms in total. The third-order valence-corrected chi connectivity index (χ3v) is 12.3. The van der Waals surface area contributed by atoms with Gasteiger partial charge in [-0.2, -0.15) is 0 Å². The van der Waals surface area contributed by atoms with E-state index in [1.54, 1.807) is 0 Å². The van der Waals surface area contributed by atoms with Gasteiger partial charge < -0.3 is 14.9 Å². The topological polar surface area (TPSA) is 66.8 Å². The monoisotopic (exact) mass is 713 g/mol. The van der Waals surface area contributed by atoms with Gasteiger partial charge in [0.25, 0.3) is 0 Å². The average Bonchev–Trinajstić information content (AvgIpc) is 2.97. The minimum absolute atomic E-state index is 0.0349. The standard InChI is InChI=1S/C45H76O4S/c1-16-17-18-19-20-21-22-23-45(14,15)50(48)31-36(47)30-49-40-33(26-35(42(5,6)7)28-39(40)44(11,12)13)24-32-25-34(41(2,3)4)27-38(37(32)29-46)43(8,9)10/h25-28,36,46-47H,16-24,29-31H2,1-15H3. The van der Waals surface area contributed by atoms with Crippen LogP contribution in [0.5, 0.6) is 5.75 Å². The van der Waals surface area contributed by atoms with Crippen LogP contribution in [0.4, 0.5) is 0 Å². The number of hydrogen-bond acceptors (Lipinski definition) is 4. The van der Waals surface area contributed by atoms with Crippen LogP contribution in [0, 0.1) is 0 Å². The lowest BCUT2D eigenvalue weighted by Gasteiger charge is -2.32. The van der Waals surface area contributed by atoms with E-state index in [2.05, 4.69) is 128 Å². The molecule has 50 heavy (non-hydrogen) atoms. The minimum atomic E-state index is -1.19. The van der Waals surface area contributed by atoms with Crippen LogP contribution in [0.2, 0.25) is 0 Å². The molecule has 0 aliphatic carbocycles. The highest BCUT2D eigenvalue weighted by molar-refractivity contribution is 7.86. The number of unbranched alkanes of at least 4 members (excludes halogenated alkanes) is 6. The van der Waals surface area contributed by atoms with E-state index in [9.17, 15) is 14.4 Å². The first-order chi connectivity index (χ1) is 22.8. The number of ether oxygens (including phenoxy) is 1. The molecule has 0 saturated carbocycles. The molecule has 0 aromatic heterocycles. The van der Waals surface area contributed by atoms with Crippen molar-refractivity contribution < 1.29 is 19.2 Å². The maximum absolute atomic E-state index is 13.5. The van der Waals surface area contributed by atoms with Gasteiger partial charge >= 0.3 is 0 Å². The van der Waals surface area contributed by atoms with E-state index < -0.39 is 16.9 Å². The van der Waals surface area contributed by atoms with Crippen molar-refractivity contribution in [3.8, 4) is 5.75 Å². The number of hydrogen-bond donors (Lipinski definition) is 2. The molecule has 0 saturated heterocycles. The van der Waals surface area contributed by atoms with Gasteiger partial charge in [-0.05, 0) is 75.3 Å². The Morgan fingerprint density at radius 3 is 1.62 bits per heavy atom. The molecule has 0 fully saturated rings. The predicted molar refractivity (Wildman–Crippen MR) is 218 cm³/mol. The molecule has 0 amide bonds. The van der Waals surface area contributed by atoms with Gasteiger partial charge in [0, 0.05) is 27.5 Å². The van der Waals surface area contributed by atoms with E-state index in [0.717, 1.165) is 40.8 Å². The summed E-state index contributed by atoms with van der Waals surface area (Å²) in [5.41, 5.74) is 7.37. The summed E-state index contributed by atoms with van der Waals surface area (Å²) in [6.45, 7) is 33.1. The third-order valence-electron chi connectivity index (χ3n) is 10.2. The summed E-state index contributed by atoms with van der Waals surface area (Å²) >= 11 is 0. The lowest BCUT2D eigenvalue weighted by molar-refractivity contribution is 0.123. The second-order valence-electron chi connectivity index (χ2n) is 19.6. The summed E-state index contributed by atoms with van der Waals surface area (Å²) in [5, 5.41) is 22.1. The smallest absolute Gasteiger partial charge is 0.126 e. The third kappa shape index (κ3) is 13.1. The van der Waals surface area contributed by atoms with Crippen LogP contribution in [0.15, 0.2) is 24.3 Å². The normalized spacial score (nSPS) is 14.6. The van der Waals surface area contributed by atoms with E-state index in [0.29, 0.717) is 6.42 Å². The largest absolute Gasteiger partial charge is 0.490 e. The quantitative estimate of drug-likeness (QED) is 0.160. The number of benzene rings is 2. The van der Waals surface area contributed by atoms with Crippen molar-refractivity contribution in [2.45, 2.75) is 201 Å². The van der Waals surface area contributed by atoms with Crippen molar-refractivity contribution >= 4 is 10.8 Å². The fraction of sp³-hybridized carbons (Fsp3) is 0.733. The molecule has 2 aromatic rings. The van der Waals surface area contributed by atoms with Crippen LogP contribution >= 0.6 is 0 Å². The van der Waals surface area contributed by atoms with Crippen molar-refractivity contribution in [1.82, 2.24) is 0 Å². The molecule has 0 bridgehead atoms. The number of rotatable bonds is 17. The molecular weight excluding hydrogens is 637 g/mol. The Balaban J connectivity index is 2.50. The molecule has 0 aliphatic heterocycles. The molecule has 286 valence electrons. The van der Waals surface area contributed by atoms with Crippen LogP contribution < -0.4 is 4.74 Å². The fourth-order valence-electron chi connectivity index (χ4n) is 6.61. The molecule has 0 radical (unpaired) electrons. The summed E-state index contributed by atoms with van der Waals surface area (Å²) in [6, 6.07) is 9.09. The molecule has 0 heterocycles. The van der Waals surface area contributed by atoms with E-state index >= 15 is 0 Å². The van der Waals surface area contributed by atoms with Crippen molar-refractivity contribution in [2.75, 3.05) is 12.4 Å². The summed E-state index contributed by atoms with van der Waals surface area (Å²) in [4.78, 5) is 0. The Bertz CT molecular complexity index is 1390. The van der Waals surface area contributed by atoms with Gasteiger partial charge in [-0.1, -0.05) is 159 Å². The molecular formula is C45H76O4S. The van der Waals surface area contributed by atoms with E-state index in [4.69, 9.17) is 4.74 Å². The summed E-state index contributed by atoms with van der Waals surface area (Å²) < 4.78 is 19.9. The highest BCUT2D eigenvalue weighted by Gasteiger charge is 2.31. The van der Waals surface area contributed by atoms with Crippen LogP contribution in [-0.4, -0.2) is 37.6 Å². The van der Waals surface area contributed by atoms with Gasteiger partial charge in [-0.15, -0.1) is 0 Å². The highest BCUT2D eigenvalue weighted by atomic mass is 32.2. The van der Waals surface area contributed by atoms with Crippen LogP contribution in [-0.2, 0) is 45.5 Å². The lowest BCUT2D eigenvalue weighted by Crippen LogP contribution is -2.35. The molecule has 2 N–H and O–H groups in total. The lowest BCUT2D eigenvalue weighted by atomic mass is 9.75. The fourth-order valence-corrected chi connectivity index (χ4v) is 7.88. The summed E-state index contributed by atoms with van der Waals surface area (Å²) in [5.74, 6) is 0.987. The highest BCUT2D eigenvalue weighted by Crippen LogP contribution is 2.41. The zero-order valence-electron chi connectivity index (χ0n) is 35.0. The molecule has 2 atom stereocenters. The van der Waals surface area contributed by atoms with E-state index in [1.807, 2.05) is 0 Å². The van der Waals surface area contributed by atoms with Gasteiger partial charge in [0.1, 0.15) is 12.4 Å². The van der Waals surface area contributed by atoms with Gasteiger partial charge in [-0.3, -0.25) is 4.21 Å². The SMILES string of the molecule is CCCCCCCCCC(C)(C)S(=O)CC(O)COc1c(Cc2cc(C(C)(C)C)cc(C(C)(C)C)c2CO)cc(C(C)(C)C)cc1C(C)(C)C. The van der Waals surface area contributed by atoms with Crippen molar-refractivity contribution in [1.29, 1.82) is 0 Å². The molecule has 2 unspecified atom stereocenters. The Kier molecular flexibility index (Phi) is 15.9. The van der Waals surface area contributed by atoms with Gasteiger partial charge in [-0.25, -0.2) is 0 Å². The maximum Gasteiger partial charge on any atom is 0.126 e. The van der Waals surface area contributed by atoms with E-state index in [1.165, 1.54) is 55.2 Å². The van der Waals surface area contributed by atoms with Crippen molar-refractivity contribution in [3.05, 3.63) is 63.2 Å². The van der Waals surface area contributed by atoms with Gasteiger partial charge in [0.15, 0.2) is 0 Å². The number of aliphatic hydroxyl groups excluding tert-OH is 2. The first-order valence-electron chi connectivity index (χ1n) is 19.5. The zero-order chi connectivity index (χ0) is 38.3. The van der Waals surface area contributed by atoms with Crippen molar-refractivity contribution in [3.63, 3.8) is 0 Å². The van der Waals surface area contributed by atoms with Crippen molar-refractivity contribution in [2.24, 2.45) is 0 Å². The number of aliphatic hydroxyl groups is 2. The van der Waals surface area contributed by atoms with Gasteiger partial charge in [0.05, 0.1) is 18.5 Å². The first kappa shape index (κ1) is 44.5. The predicted octanol–water partition coefficient (Wildman–Crippen LogP) is 11.4. The summed E-state index contributed by atoms with van der Waals surface area (Å²) in [7, 11) is -1.19. The Labute approximate surface area is 311 Å². The van der Waals surface area contributed by atoms with Crippen LogP contribution in [0.1, 0.15) is 194 Å². The Hall–Kier alpha value is -1.69. The minimum Gasteiger partial charge on any atom is -0.490 e. The van der Waals surface area contributed by atoms with E-state index in [-0.39, 0.29) is 45.4 Å². The first-order valence-corrected chi connectivity index (χ1v) is 20.8. The van der Waals surface area contributed by atoms with Crippen LogP contribution in [0.3, 0.4) is 0 Å². The Morgan fingerprint density at radius 2 is 1.14 bits per heavy atom. The second-order valence-corrected chi connectivity index (χ2v) is 21.7. The Morgan fingerprint density at radius 1 is 0.660 bits per heavy atom. The van der Waals surface area contributed by atoms with Crippen LogP contribution in [0.25, 0.3) is 0 Å². The maximum atomic E-state index is 13.5. The molecule has 0 aliphatic rings. The van der Waals surface area contributed by atoms with Gasteiger partial charge in [0.2, 0.25) is 0 Å². The molecule has 2 aromatic carbocycles. The second kappa shape index (κ2) is 17.9. The summed E-state index contributed by atoms with van der Waals surface area (Å²) in [6.07, 6.45) is 9.27. The average molecular weight is 713 g/mol. The molecule has 0 spiro atoms. The zero-order valence-corrected chi connectivity index (χ0v) is 35.8.